The summed E-state index contributed by atoms with van der Waals surface area (Å²) in [5.41, 5.74) is 1.34. The maximum atomic E-state index is 11.6. The van der Waals surface area contributed by atoms with Crippen molar-refractivity contribution in [1.29, 1.82) is 0 Å². The highest BCUT2D eigenvalue weighted by molar-refractivity contribution is 5.78. The Kier molecular flexibility index (Phi) is 3.55. The van der Waals surface area contributed by atoms with Crippen LogP contribution in [0.2, 0.25) is 0 Å². The highest BCUT2D eigenvalue weighted by Gasteiger charge is 2.61. The summed E-state index contributed by atoms with van der Waals surface area (Å²) in [6.45, 7) is 4.23. The van der Waals surface area contributed by atoms with Gasteiger partial charge in [-0.2, -0.15) is 0 Å². The number of hydrogen-bond acceptors (Lipinski definition) is 2. The first-order valence-corrected chi connectivity index (χ1v) is 6.36. The average Bonchev–Trinajstić information content (AvgIpc) is 2.92. The van der Waals surface area contributed by atoms with Gasteiger partial charge >= 0.3 is 5.97 Å². The average molecular weight is 244 g/mol. The molecule has 2 rings (SSSR count). The molecule has 0 amide bonds. The van der Waals surface area contributed by atoms with Crippen molar-refractivity contribution >= 4 is 5.97 Å². The summed E-state index contributed by atoms with van der Waals surface area (Å²) in [6, 6.07) is 10.3. The minimum Gasteiger partial charge on any atom is -0.469 e. The molecule has 0 saturated heterocycles. The van der Waals surface area contributed by atoms with Crippen LogP contribution in [0.15, 0.2) is 42.5 Å². The maximum Gasteiger partial charge on any atom is 0.309 e. The standard InChI is InChI=1S/C16H20O2/c1-16(2)13(14(16)15(17)18-3)11-7-10-12-8-5-4-6-9-12/h4-9,11,13-14H,10H2,1-3H3/b11-7-/t13-,14+/m1/s1. The van der Waals surface area contributed by atoms with E-state index in [1.165, 1.54) is 12.7 Å². The Morgan fingerprint density at radius 3 is 2.61 bits per heavy atom. The molecule has 0 heterocycles. The lowest BCUT2D eigenvalue weighted by Crippen LogP contribution is -2.07. The molecule has 1 aliphatic carbocycles. The predicted molar refractivity (Wildman–Crippen MR) is 72.1 cm³/mol. The minimum absolute atomic E-state index is 0.0227. The third kappa shape index (κ3) is 2.47. The number of esters is 1. The number of rotatable bonds is 4. The van der Waals surface area contributed by atoms with Gasteiger partial charge in [-0.3, -0.25) is 4.79 Å². The van der Waals surface area contributed by atoms with Crippen LogP contribution in [0.4, 0.5) is 0 Å². The van der Waals surface area contributed by atoms with Crippen LogP contribution in [0.3, 0.4) is 0 Å². The Labute approximate surface area is 109 Å². The van der Waals surface area contributed by atoms with Crippen LogP contribution < -0.4 is 0 Å². The fraction of sp³-hybridized carbons (Fsp3) is 0.438. The molecule has 1 aromatic carbocycles. The fourth-order valence-electron chi connectivity index (χ4n) is 2.58. The van der Waals surface area contributed by atoms with E-state index in [1.807, 2.05) is 18.2 Å². The van der Waals surface area contributed by atoms with Crippen molar-refractivity contribution in [2.24, 2.45) is 17.3 Å². The second kappa shape index (κ2) is 4.97. The molecule has 0 aliphatic heterocycles. The summed E-state index contributed by atoms with van der Waals surface area (Å²) in [5, 5.41) is 0. The van der Waals surface area contributed by atoms with E-state index < -0.39 is 0 Å². The first kappa shape index (κ1) is 12.9. The van der Waals surface area contributed by atoms with Gasteiger partial charge in [0.15, 0.2) is 0 Å². The van der Waals surface area contributed by atoms with Crippen LogP contribution in [0, 0.1) is 17.3 Å². The molecule has 1 fully saturated rings. The number of carbonyl (C=O) groups is 1. The fourth-order valence-corrected chi connectivity index (χ4v) is 2.58. The molecule has 0 bridgehead atoms. The summed E-state index contributed by atoms with van der Waals surface area (Å²) < 4.78 is 4.83. The molecule has 1 saturated carbocycles. The van der Waals surface area contributed by atoms with Crippen molar-refractivity contribution in [1.82, 2.24) is 0 Å². The zero-order chi connectivity index (χ0) is 13.2. The van der Waals surface area contributed by atoms with Crippen molar-refractivity contribution in [3.8, 4) is 0 Å². The molecule has 2 nitrogen and oxygen atoms in total. The van der Waals surface area contributed by atoms with Gasteiger partial charge in [-0.25, -0.2) is 0 Å². The second-order valence-corrected chi connectivity index (χ2v) is 5.47. The van der Waals surface area contributed by atoms with Gasteiger partial charge in [0.25, 0.3) is 0 Å². The number of carbonyl (C=O) groups excluding carboxylic acids is 1. The summed E-state index contributed by atoms with van der Waals surface area (Å²) in [7, 11) is 1.46. The van der Waals surface area contributed by atoms with Gasteiger partial charge in [0.2, 0.25) is 0 Å². The lowest BCUT2D eigenvalue weighted by atomic mass is 10.1. The third-order valence-corrected chi connectivity index (χ3v) is 3.91. The van der Waals surface area contributed by atoms with E-state index in [0.29, 0.717) is 5.92 Å². The Bertz CT molecular complexity index is 445. The molecule has 1 aromatic rings. The summed E-state index contributed by atoms with van der Waals surface area (Å²) in [6.07, 6.45) is 5.24. The molecule has 0 spiro atoms. The van der Waals surface area contributed by atoms with Crippen molar-refractivity contribution in [3.63, 3.8) is 0 Å². The van der Waals surface area contributed by atoms with Crippen LogP contribution in [0.25, 0.3) is 0 Å². The van der Waals surface area contributed by atoms with Gasteiger partial charge < -0.3 is 4.74 Å². The molecule has 18 heavy (non-hydrogen) atoms. The summed E-state index contributed by atoms with van der Waals surface area (Å²) in [4.78, 5) is 11.6. The molecule has 0 N–H and O–H groups in total. The molecule has 0 radical (unpaired) electrons. The van der Waals surface area contributed by atoms with E-state index in [9.17, 15) is 4.79 Å². The predicted octanol–water partition coefficient (Wildman–Crippen LogP) is 3.23. The molecule has 0 aromatic heterocycles. The van der Waals surface area contributed by atoms with E-state index in [1.54, 1.807) is 0 Å². The number of methoxy groups -OCH3 is 1. The van der Waals surface area contributed by atoms with Crippen LogP contribution >= 0.6 is 0 Å². The Balaban J connectivity index is 1.93. The summed E-state index contributed by atoms with van der Waals surface area (Å²) >= 11 is 0. The Morgan fingerprint density at radius 2 is 2.00 bits per heavy atom. The minimum atomic E-state index is -0.0886. The van der Waals surface area contributed by atoms with Crippen molar-refractivity contribution in [3.05, 3.63) is 48.0 Å². The number of benzene rings is 1. The molecule has 0 unspecified atom stereocenters. The normalized spacial score (nSPS) is 25.1. The first-order chi connectivity index (χ1) is 8.57. The van der Waals surface area contributed by atoms with Gasteiger partial charge in [-0.1, -0.05) is 56.3 Å². The van der Waals surface area contributed by atoms with Crippen molar-refractivity contribution in [2.45, 2.75) is 20.3 Å². The number of ether oxygens (including phenoxy) is 1. The molecular formula is C16H20O2. The molecule has 2 atom stereocenters. The third-order valence-electron chi connectivity index (χ3n) is 3.91. The second-order valence-electron chi connectivity index (χ2n) is 5.47. The van der Waals surface area contributed by atoms with Gasteiger partial charge in [0.1, 0.15) is 0 Å². The van der Waals surface area contributed by atoms with Gasteiger partial charge in [-0.05, 0) is 23.3 Å². The van der Waals surface area contributed by atoms with Crippen molar-refractivity contribution in [2.75, 3.05) is 7.11 Å². The monoisotopic (exact) mass is 244 g/mol. The van der Waals surface area contributed by atoms with Crippen LogP contribution in [-0.2, 0) is 16.0 Å². The Hall–Kier alpha value is -1.57. The smallest absolute Gasteiger partial charge is 0.309 e. The van der Waals surface area contributed by atoms with Gasteiger partial charge in [0.05, 0.1) is 13.0 Å². The molecular weight excluding hydrogens is 224 g/mol. The van der Waals surface area contributed by atoms with Crippen LogP contribution in [-0.4, -0.2) is 13.1 Å². The van der Waals surface area contributed by atoms with E-state index in [-0.39, 0.29) is 17.3 Å². The van der Waals surface area contributed by atoms with E-state index in [2.05, 4.69) is 38.1 Å². The first-order valence-electron chi connectivity index (χ1n) is 6.36. The van der Waals surface area contributed by atoms with E-state index in [0.717, 1.165) is 6.42 Å². The van der Waals surface area contributed by atoms with Crippen LogP contribution in [0.5, 0.6) is 0 Å². The maximum absolute atomic E-state index is 11.6. The molecule has 1 aliphatic rings. The van der Waals surface area contributed by atoms with E-state index >= 15 is 0 Å². The van der Waals surface area contributed by atoms with E-state index in [4.69, 9.17) is 4.74 Å². The lowest BCUT2D eigenvalue weighted by molar-refractivity contribution is -0.143. The zero-order valence-electron chi connectivity index (χ0n) is 11.2. The largest absolute Gasteiger partial charge is 0.469 e. The highest BCUT2D eigenvalue weighted by Crippen LogP contribution is 2.59. The van der Waals surface area contributed by atoms with Gasteiger partial charge in [-0.15, -0.1) is 0 Å². The highest BCUT2D eigenvalue weighted by atomic mass is 16.5. The summed E-state index contributed by atoms with van der Waals surface area (Å²) in [5.74, 6) is 0.248. The lowest BCUT2D eigenvalue weighted by Gasteiger charge is -1.99. The number of allylic oxidation sites excluding steroid dienone is 2. The quantitative estimate of drug-likeness (QED) is 0.600. The topological polar surface area (TPSA) is 26.3 Å². The molecule has 96 valence electrons. The van der Waals surface area contributed by atoms with Crippen molar-refractivity contribution < 1.29 is 9.53 Å². The Morgan fingerprint density at radius 1 is 1.33 bits per heavy atom. The molecule has 2 heteroatoms. The zero-order valence-corrected chi connectivity index (χ0v) is 11.2. The van der Waals surface area contributed by atoms with Crippen LogP contribution in [0.1, 0.15) is 19.4 Å². The number of hydrogen-bond donors (Lipinski definition) is 0. The SMILES string of the molecule is COC(=O)[C@@H]1[C@@H](/C=C\Cc2ccccc2)C1(C)C. The van der Waals surface area contributed by atoms with Gasteiger partial charge in [0, 0.05) is 0 Å².